The Balaban J connectivity index is 1.64. The van der Waals surface area contributed by atoms with Crippen molar-refractivity contribution >= 4 is 11.8 Å². The lowest BCUT2D eigenvalue weighted by Crippen LogP contribution is -2.40. The summed E-state index contributed by atoms with van der Waals surface area (Å²) in [6.07, 6.45) is 2.85. The van der Waals surface area contributed by atoms with Crippen molar-refractivity contribution in [3.05, 3.63) is 53.9 Å². The number of β-amino-alcohol motifs (C(OH)–C–C–N with tert-alkyl or cyclic N) is 1. The highest BCUT2D eigenvalue weighted by molar-refractivity contribution is 5.96. The molecular formula is C17H20N4O3. The third-order valence-corrected chi connectivity index (χ3v) is 4.09. The maximum Gasteiger partial charge on any atom is 0.257 e. The Morgan fingerprint density at radius 2 is 2.08 bits per heavy atom. The van der Waals surface area contributed by atoms with Gasteiger partial charge in [0.15, 0.2) is 0 Å². The van der Waals surface area contributed by atoms with Crippen LogP contribution in [0.1, 0.15) is 15.9 Å². The van der Waals surface area contributed by atoms with Gasteiger partial charge >= 0.3 is 0 Å². The number of hydrogen-bond acceptors (Lipinski definition) is 4. The molecule has 24 heavy (non-hydrogen) atoms. The summed E-state index contributed by atoms with van der Waals surface area (Å²) in [5, 5.41) is 16.5. The van der Waals surface area contributed by atoms with Crippen LogP contribution in [0.25, 0.3) is 0 Å². The average Bonchev–Trinajstić information content (AvgIpc) is 3.08. The molecule has 126 valence electrons. The second kappa shape index (κ2) is 7.27. The number of benzene rings is 1. The van der Waals surface area contributed by atoms with Crippen LogP contribution in [0.4, 0.5) is 0 Å². The maximum absolute atomic E-state index is 12.5. The zero-order chi connectivity index (χ0) is 16.9. The van der Waals surface area contributed by atoms with Crippen LogP contribution in [0.2, 0.25) is 0 Å². The van der Waals surface area contributed by atoms with E-state index in [1.54, 1.807) is 4.90 Å². The molecule has 2 N–H and O–H groups in total. The number of aromatic nitrogens is 2. The number of aliphatic hydroxyl groups excluding tert-OH is 1. The monoisotopic (exact) mass is 328 g/mol. The minimum absolute atomic E-state index is 0.0319. The fourth-order valence-electron chi connectivity index (χ4n) is 2.83. The average molecular weight is 328 g/mol. The van der Waals surface area contributed by atoms with E-state index < -0.39 is 6.10 Å². The molecule has 7 heteroatoms. The van der Waals surface area contributed by atoms with Gasteiger partial charge in [-0.3, -0.25) is 14.7 Å². The molecule has 2 amide bonds. The normalized spacial score (nSPS) is 18.5. The molecule has 0 spiro atoms. The Morgan fingerprint density at radius 1 is 1.29 bits per heavy atom. The van der Waals surface area contributed by atoms with E-state index in [-0.39, 0.29) is 31.4 Å². The zero-order valence-corrected chi connectivity index (χ0v) is 13.3. The predicted octanol–water partition coefficient (Wildman–Crippen LogP) is 0.298. The van der Waals surface area contributed by atoms with Crippen LogP contribution in [0.15, 0.2) is 42.7 Å². The molecule has 1 aliphatic rings. The Labute approximate surface area is 139 Å². The molecule has 1 saturated heterocycles. The topological polar surface area (TPSA) is 89.5 Å². The van der Waals surface area contributed by atoms with Gasteiger partial charge in [-0.1, -0.05) is 30.3 Å². The van der Waals surface area contributed by atoms with Gasteiger partial charge in [0.1, 0.15) is 6.54 Å². The van der Waals surface area contributed by atoms with Crippen molar-refractivity contribution < 1.29 is 14.7 Å². The van der Waals surface area contributed by atoms with E-state index in [1.807, 2.05) is 30.3 Å². The van der Waals surface area contributed by atoms with E-state index in [2.05, 4.69) is 10.2 Å². The Morgan fingerprint density at radius 3 is 2.79 bits per heavy atom. The summed E-state index contributed by atoms with van der Waals surface area (Å²) < 4.78 is 0. The lowest BCUT2D eigenvalue weighted by Gasteiger charge is -2.21. The van der Waals surface area contributed by atoms with E-state index in [0.29, 0.717) is 12.1 Å². The highest BCUT2D eigenvalue weighted by atomic mass is 16.3. The zero-order valence-electron chi connectivity index (χ0n) is 13.3. The third kappa shape index (κ3) is 3.80. The summed E-state index contributed by atoms with van der Waals surface area (Å²) >= 11 is 0. The van der Waals surface area contributed by atoms with Crippen molar-refractivity contribution in [3.8, 4) is 0 Å². The van der Waals surface area contributed by atoms with Gasteiger partial charge in [-0.15, -0.1) is 0 Å². The summed E-state index contributed by atoms with van der Waals surface area (Å²) in [5.74, 6) is -0.458. The molecule has 0 bridgehead atoms. The highest BCUT2D eigenvalue weighted by Crippen LogP contribution is 2.11. The molecule has 1 aromatic heterocycles. The second-order valence-corrected chi connectivity index (χ2v) is 5.90. The first kappa shape index (κ1) is 16.2. The van der Waals surface area contributed by atoms with E-state index in [1.165, 1.54) is 17.3 Å². The maximum atomic E-state index is 12.5. The quantitative estimate of drug-likeness (QED) is 0.845. The number of rotatable bonds is 4. The Kier molecular flexibility index (Phi) is 4.90. The van der Waals surface area contributed by atoms with Gasteiger partial charge in [-0.2, -0.15) is 5.10 Å². The van der Waals surface area contributed by atoms with Gasteiger partial charge in [0.2, 0.25) is 5.91 Å². The Bertz CT molecular complexity index is 687. The van der Waals surface area contributed by atoms with Crippen LogP contribution >= 0.6 is 0 Å². The van der Waals surface area contributed by atoms with Crippen LogP contribution < -0.4 is 0 Å². The van der Waals surface area contributed by atoms with E-state index in [0.717, 1.165) is 12.0 Å². The number of aromatic amines is 1. The smallest absolute Gasteiger partial charge is 0.257 e. The molecule has 1 aliphatic heterocycles. The number of hydrogen-bond donors (Lipinski definition) is 2. The molecule has 0 aliphatic carbocycles. The molecule has 7 nitrogen and oxygen atoms in total. The fourth-order valence-corrected chi connectivity index (χ4v) is 2.83. The van der Waals surface area contributed by atoms with Crippen molar-refractivity contribution in [2.45, 2.75) is 12.5 Å². The number of aliphatic hydroxyl groups is 1. The van der Waals surface area contributed by atoms with E-state index in [9.17, 15) is 14.7 Å². The summed E-state index contributed by atoms with van der Waals surface area (Å²) in [7, 11) is 0. The summed E-state index contributed by atoms with van der Waals surface area (Å²) in [6, 6.07) is 9.88. The van der Waals surface area contributed by atoms with Gasteiger partial charge in [0, 0.05) is 25.8 Å². The van der Waals surface area contributed by atoms with Crippen molar-refractivity contribution in [3.63, 3.8) is 0 Å². The van der Waals surface area contributed by atoms with Crippen molar-refractivity contribution in [2.24, 2.45) is 0 Å². The summed E-state index contributed by atoms with van der Waals surface area (Å²) in [5.41, 5.74) is 1.52. The number of H-pyrrole nitrogens is 1. The molecule has 0 saturated carbocycles. The highest BCUT2D eigenvalue weighted by Gasteiger charge is 2.29. The number of carbonyl (C=O) groups excluding carboxylic acids is 2. The Hall–Kier alpha value is -2.67. The molecule has 3 rings (SSSR count). The summed E-state index contributed by atoms with van der Waals surface area (Å²) in [6.45, 7) is 0.863. The lowest BCUT2D eigenvalue weighted by molar-refractivity contribution is -0.131. The van der Waals surface area contributed by atoms with Gasteiger partial charge < -0.3 is 14.9 Å². The molecular weight excluding hydrogens is 308 g/mol. The number of carbonyl (C=O) groups is 2. The van der Waals surface area contributed by atoms with Crippen LogP contribution in [0.3, 0.4) is 0 Å². The van der Waals surface area contributed by atoms with Gasteiger partial charge in [-0.25, -0.2) is 0 Å². The second-order valence-electron chi connectivity index (χ2n) is 5.90. The first-order valence-corrected chi connectivity index (χ1v) is 7.91. The van der Waals surface area contributed by atoms with Gasteiger partial charge in [0.25, 0.3) is 5.91 Å². The van der Waals surface area contributed by atoms with Crippen LogP contribution in [-0.4, -0.2) is 69.2 Å². The van der Waals surface area contributed by atoms with Crippen LogP contribution in [0.5, 0.6) is 0 Å². The minimum atomic E-state index is -0.761. The molecule has 1 atom stereocenters. The molecule has 1 aromatic carbocycles. The third-order valence-electron chi connectivity index (χ3n) is 4.09. The number of amides is 2. The van der Waals surface area contributed by atoms with Gasteiger partial charge in [0.05, 0.1) is 17.9 Å². The van der Waals surface area contributed by atoms with E-state index >= 15 is 0 Å². The predicted molar refractivity (Wildman–Crippen MR) is 87.2 cm³/mol. The van der Waals surface area contributed by atoms with Crippen LogP contribution in [0, 0.1) is 0 Å². The molecule has 1 fully saturated rings. The summed E-state index contributed by atoms with van der Waals surface area (Å²) in [4.78, 5) is 27.8. The van der Waals surface area contributed by atoms with Crippen molar-refractivity contribution in [1.29, 1.82) is 0 Å². The molecule has 2 aromatic rings. The minimum Gasteiger partial charge on any atom is -0.389 e. The fraction of sp³-hybridized carbons (Fsp3) is 0.353. The lowest BCUT2D eigenvalue weighted by atomic mass is 10.1. The first-order chi connectivity index (χ1) is 11.6. The number of nitrogens with one attached hydrogen (secondary N) is 1. The standard InChI is InChI=1S/C17H20N4O3/c22-15-10-20(7-6-13-4-2-1-3-5-13)16(23)12-21(11-15)17(24)14-8-18-19-9-14/h1-5,8-9,15,22H,6-7,10-12H2,(H,18,19). The molecule has 2 heterocycles. The molecule has 1 unspecified atom stereocenters. The van der Waals surface area contributed by atoms with Crippen molar-refractivity contribution in [1.82, 2.24) is 20.0 Å². The SMILES string of the molecule is O=C1CN(C(=O)c2cn[nH]c2)CC(O)CN1CCc1ccccc1. The van der Waals surface area contributed by atoms with E-state index in [4.69, 9.17) is 0 Å². The van der Waals surface area contributed by atoms with Crippen molar-refractivity contribution in [2.75, 3.05) is 26.2 Å². The first-order valence-electron chi connectivity index (χ1n) is 7.91. The molecule has 0 radical (unpaired) electrons. The van der Waals surface area contributed by atoms with Gasteiger partial charge in [-0.05, 0) is 12.0 Å². The largest absolute Gasteiger partial charge is 0.389 e. The number of nitrogens with zero attached hydrogens (tertiary/aromatic N) is 3. The van der Waals surface area contributed by atoms with Crippen LogP contribution in [-0.2, 0) is 11.2 Å².